The quantitative estimate of drug-likeness (QED) is 0.205. The van der Waals surface area contributed by atoms with Crippen LogP contribution in [0.2, 0.25) is 0 Å². The number of methoxy groups -OCH3 is 1. The lowest BCUT2D eigenvalue weighted by Gasteiger charge is -2.22. The number of carbonyl (C=O) groups excluding carboxylic acids is 1. The Hall–Kier alpha value is -3.61. The van der Waals surface area contributed by atoms with Gasteiger partial charge in [0.25, 0.3) is 11.4 Å². The smallest absolute Gasteiger partial charge is 0.318 e. The van der Waals surface area contributed by atoms with Crippen LogP contribution < -0.4 is 9.64 Å². The molecule has 0 spiro atoms. The number of fused-ring (bicyclic) bond motifs is 1. The molecular formula is C17H16N4O8S. The Kier molecular flexibility index (Phi) is 5.64. The van der Waals surface area contributed by atoms with Gasteiger partial charge in [-0.15, -0.1) is 0 Å². The van der Waals surface area contributed by atoms with Crippen LogP contribution >= 0.6 is 0 Å². The molecule has 2 aromatic rings. The van der Waals surface area contributed by atoms with Gasteiger partial charge in [0, 0.05) is 5.56 Å². The lowest BCUT2D eigenvalue weighted by molar-refractivity contribution is -0.808. The Balaban J connectivity index is 2.20. The van der Waals surface area contributed by atoms with Crippen LogP contribution in [0.15, 0.2) is 40.7 Å². The zero-order valence-electron chi connectivity index (χ0n) is 16.0. The number of aromatic nitrogens is 2. The van der Waals surface area contributed by atoms with Gasteiger partial charge in [-0.2, -0.15) is 4.90 Å². The summed E-state index contributed by atoms with van der Waals surface area (Å²) < 4.78 is 9.57. The van der Waals surface area contributed by atoms with Crippen LogP contribution in [0.25, 0.3) is 0 Å². The Labute approximate surface area is 172 Å². The van der Waals surface area contributed by atoms with Crippen LogP contribution in [0.1, 0.15) is 27.7 Å². The van der Waals surface area contributed by atoms with Crippen molar-refractivity contribution in [1.29, 1.82) is 0 Å². The van der Waals surface area contributed by atoms with Gasteiger partial charge >= 0.3 is 5.69 Å². The number of allylic oxidation sites excluding steroid dienone is 2. The molecule has 30 heavy (non-hydrogen) atoms. The number of nitrogens with zero attached hydrogens (tertiary/aromatic N) is 4. The molecule has 1 aromatic carbocycles. The second-order valence-electron chi connectivity index (χ2n) is 6.50. The van der Waals surface area contributed by atoms with Crippen LogP contribution in [0.4, 0.5) is 0 Å². The number of ketones is 1. The average Bonchev–Trinajstić information content (AvgIpc) is 3.09. The van der Waals surface area contributed by atoms with E-state index < -0.39 is 60.5 Å². The second kappa shape index (κ2) is 8.02. The fourth-order valence-electron chi connectivity index (χ4n) is 3.29. The molecule has 0 fully saturated rings. The molecule has 1 aliphatic carbocycles. The van der Waals surface area contributed by atoms with Gasteiger partial charge in [0.2, 0.25) is 16.7 Å². The van der Waals surface area contributed by atoms with E-state index in [4.69, 9.17) is 4.74 Å². The molecule has 3 rings (SSSR count). The second-order valence-corrected chi connectivity index (χ2v) is 8.77. The third kappa shape index (κ3) is 3.54. The zero-order chi connectivity index (χ0) is 22.2. The summed E-state index contributed by atoms with van der Waals surface area (Å²) in [5.41, 5.74) is -1.99. The van der Waals surface area contributed by atoms with Crippen molar-refractivity contribution in [2.75, 3.05) is 19.6 Å². The first-order valence-electron chi connectivity index (χ1n) is 8.39. The fourth-order valence-corrected chi connectivity index (χ4v) is 4.67. The largest absolute Gasteiger partial charge is 0.612 e. The van der Waals surface area contributed by atoms with Crippen LogP contribution in [0.5, 0.6) is 5.75 Å². The number of hydrogen-bond donors (Lipinski definition) is 0. The lowest BCUT2D eigenvalue weighted by Crippen LogP contribution is -2.45. The molecule has 2 atom stereocenters. The molecule has 12 nitrogen and oxygen atoms in total. The van der Waals surface area contributed by atoms with E-state index in [1.54, 1.807) is 24.6 Å². The number of ether oxygens (including phenoxy) is 1. The molecule has 1 heterocycles. The molecule has 2 unspecified atom stereocenters. The van der Waals surface area contributed by atoms with Gasteiger partial charge in [0.05, 0.1) is 35.8 Å². The van der Waals surface area contributed by atoms with Crippen LogP contribution in [0.3, 0.4) is 0 Å². The number of Topliss-reactive ketones (excluding diaryl/α,β-unsaturated/α-hetero) is 1. The molecule has 0 radical (unpaired) electrons. The van der Waals surface area contributed by atoms with Gasteiger partial charge in [-0.1, -0.05) is 0 Å². The number of benzene rings is 1. The molecule has 0 bridgehead atoms. The summed E-state index contributed by atoms with van der Waals surface area (Å²) in [5.74, 6) is -1.32. The van der Waals surface area contributed by atoms with Crippen molar-refractivity contribution < 1.29 is 28.9 Å². The van der Waals surface area contributed by atoms with Gasteiger partial charge < -0.3 is 20.4 Å². The van der Waals surface area contributed by atoms with Gasteiger partial charge in [-0.25, -0.2) is 0 Å². The van der Waals surface area contributed by atoms with E-state index in [0.717, 1.165) is 6.08 Å². The van der Waals surface area contributed by atoms with Crippen molar-refractivity contribution in [1.82, 2.24) is 5.16 Å². The molecule has 0 aliphatic heterocycles. The molecule has 0 N–H and O–H groups in total. The summed E-state index contributed by atoms with van der Waals surface area (Å²) in [6, 6.07) is 6.15. The minimum absolute atomic E-state index is 0.110. The highest BCUT2D eigenvalue weighted by atomic mass is 32.2. The first-order valence-corrected chi connectivity index (χ1v) is 10.5. The minimum atomic E-state index is -1.38. The summed E-state index contributed by atoms with van der Waals surface area (Å²) in [6.45, 7) is 0. The predicted molar refractivity (Wildman–Crippen MR) is 105 cm³/mol. The van der Waals surface area contributed by atoms with Crippen LogP contribution in [-0.2, 0) is 10.9 Å². The normalized spacial score (nSPS) is 16.6. The van der Waals surface area contributed by atoms with E-state index in [0.29, 0.717) is 5.75 Å². The maximum absolute atomic E-state index is 13.3. The van der Waals surface area contributed by atoms with Crippen molar-refractivity contribution in [2.24, 2.45) is 0 Å². The molecule has 1 aromatic heterocycles. The molecule has 13 heteroatoms. The highest BCUT2D eigenvalue weighted by Gasteiger charge is 2.56. The SMILES string of the molecule is COc1ccc(C(=O)C(C2C([N+](=O)[O-])=CC(=[N+]([O-])[O-])c3no[n+]([O-])c32)[S+](C)C)cc1. The highest BCUT2D eigenvalue weighted by Crippen LogP contribution is 2.37. The first kappa shape index (κ1) is 21.1. The zero-order valence-corrected chi connectivity index (χ0v) is 16.8. The summed E-state index contributed by atoms with van der Waals surface area (Å²) in [7, 11) is 0.693. The van der Waals surface area contributed by atoms with Crippen LogP contribution in [-0.4, -0.2) is 51.3 Å². The highest BCUT2D eigenvalue weighted by molar-refractivity contribution is 7.96. The summed E-state index contributed by atoms with van der Waals surface area (Å²) in [5, 5.41) is 49.1. The molecule has 0 saturated carbocycles. The summed E-state index contributed by atoms with van der Waals surface area (Å²) in [4.78, 5) is 23.3. The summed E-state index contributed by atoms with van der Waals surface area (Å²) in [6.07, 6.45) is 4.12. The number of hydrogen-bond acceptors (Lipinski definition) is 9. The van der Waals surface area contributed by atoms with E-state index in [1.807, 2.05) is 0 Å². The Bertz CT molecular complexity index is 1060. The van der Waals surface area contributed by atoms with E-state index in [9.17, 15) is 30.5 Å². The van der Waals surface area contributed by atoms with E-state index in [2.05, 4.69) is 9.79 Å². The third-order valence-corrected chi connectivity index (χ3v) is 6.14. The summed E-state index contributed by atoms with van der Waals surface area (Å²) >= 11 is 0. The van der Waals surface area contributed by atoms with Crippen molar-refractivity contribution >= 4 is 22.4 Å². The van der Waals surface area contributed by atoms with Crippen molar-refractivity contribution in [3.63, 3.8) is 0 Å². The number of nitro groups is 1. The first-order chi connectivity index (χ1) is 14.2. The molecule has 1 aliphatic rings. The molecular weight excluding hydrogens is 420 g/mol. The lowest BCUT2D eigenvalue weighted by atomic mass is 9.86. The Morgan fingerprint density at radius 1 is 1.27 bits per heavy atom. The molecule has 0 amide bonds. The van der Waals surface area contributed by atoms with E-state index >= 15 is 0 Å². The fraction of sp³-hybridized carbons (Fsp3) is 0.294. The minimum Gasteiger partial charge on any atom is -0.612 e. The number of carbonyl (C=O) groups is 1. The topological polar surface area (TPSA) is 172 Å². The van der Waals surface area contributed by atoms with Crippen LogP contribution in [0, 0.1) is 25.7 Å². The van der Waals surface area contributed by atoms with Gasteiger partial charge in [0.1, 0.15) is 5.75 Å². The predicted octanol–water partition coefficient (Wildman–Crippen LogP) is 0.501. The standard InChI is InChI=1S/C17H16N4O8S/c1-28-10-6-4-9(5-7-10)16(22)17(30(2)3)13-11(19(23)24)8-12(20(25)26)14-15(13)21(27)29-18-14/h4-8,13,17H,1-3H3. The monoisotopic (exact) mass is 436 g/mol. The third-order valence-electron chi connectivity index (χ3n) is 4.64. The van der Waals surface area contributed by atoms with Gasteiger partial charge in [-0.05, 0) is 40.1 Å². The number of rotatable bonds is 6. The van der Waals surface area contributed by atoms with Gasteiger partial charge in [-0.3, -0.25) is 19.5 Å². The molecule has 0 saturated heterocycles. The molecule has 158 valence electrons. The van der Waals surface area contributed by atoms with E-state index in [-0.39, 0.29) is 10.5 Å². The van der Waals surface area contributed by atoms with Crippen molar-refractivity contribution in [3.05, 3.63) is 78.7 Å². The average molecular weight is 436 g/mol. The van der Waals surface area contributed by atoms with Crippen molar-refractivity contribution in [3.8, 4) is 5.75 Å². The Morgan fingerprint density at radius 3 is 2.40 bits per heavy atom. The van der Waals surface area contributed by atoms with E-state index in [1.165, 1.54) is 19.2 Å². The Morgan fingerprint density at radius 2 is 1.90 bits per heavy atom. The maximum Gasteiger partial charge on any atom is 0.318 e. The van der Waals surface area contributed by atoms with Crippen molar-refractivity contribution in [2.45, 2.75) is 11.2 Å². The van der Waals surface area contributed by atoms with Gasteiger partial charge in [0.15, 0.2) is 5.92 Å². The maximum atomic E-state index is 13.3.